The lowest BCUT2D eigenvalue weighted by Gasteiger charge is -2.32. The number of nitrogens with two attached hydrogens (primary N) is 1. The van der Waals surface area contributed by atoms with Gasteiger partial charge in [-0.25, -0.2) is 4.98 Å². The number of piperidine rings is 1. The van der Waals surface area contributed by atoms with Crippen LogP contribution in [0.15, 0.2) is 54.9 Å². The first-order chi connectivity index (χ1) is 15.1. The number of pyridine rings is 2. The second kappa shape index (κ2) is 7.83. The summed E-state index contributed by atoms with van der Waals surface area (Å²) in [5, 5.41) is 8.18. The third-order valence-electron chi connectivity index (χ3n) is 5.95. The number of likely N-dealkylation sites (tertiary alicyclic amines) is 1. The van der Waals surface area contributed by atoms with Gasteiger partial charge in [-0.15, -0.1) is 0 Å². The summed E-state index contributed by atoms with van der Waals surface area (Å²) in [5.74, 6) is 0.689. The highest BCUT2D eigenvalue weighted by Gasteiger charge is 2.28. The molecule has 0 radical (unpaired) electrons. The number of anilines is 1. The third-order valence-corrected chi connectivity index (χ3v) is 5.95. The number of rotatable bonds is 3. The molecule has 0 bridgehead atoms. The summed E-state index contributed by atoms with van der Waals surface area (Å²) in [6.07, 6.45) is 5.58. The van der Waals surface area contributed by atoms with E-state index in [1.807, 2.05) is 42.3 Å². The van der Waals surface area contributed by atoms with Crippen LogP contribution in [0, 0.1) is 6.92 Å². The molecule has 1 atom stereocenters. The van der Waals surface area contributed by atoms with Gasteiger partial charge in [0, 0.05) is 53.6 Å². The van der Waals surface area contributed by atoms with E-state index in [1.54, 1.807) is 12.3 Å². The summed E-state index contributed by atoms with van der Waals surface area (Å²) in [6, 6.07) is 13.8. The van der Waals surface area contributed by atoms with E-state index in [9.17, 15) is 4.79 Å². The van der Waals surface area contributed by atoms with Crippen molar-refractivity contribution >= 4 is 22.6 Å². The molecular formula is C24H24N6O. The monoisotopic (exact) mass is 412 g/mol. The number of nitrogens with zero attached hydrogens (tertiary/aromatic N) is 4. The Morgan fingerprint density at radius 2 is 1.90 bits per heavy atom. The van der Waals surface area contributed by atoms with Crippen molar-refractivity contribution in [1.82, 2.24) is 25.1 Å². The Bertz CT molecular complexity index is 1230. The molecule has 0 saturated carbocycles. The number of nitrogen functional groups attached to an aromatic ring is 1. The number of aryl methyl sites for hydroxylation is 1. The van der Waals surface area contributed by atoms with Gasteiger partial charge in [-0.2, -0.15) is 5.10 Å². The fourth-order valence-electron chi connectivity index (χ4n) is 4.24. The van der Waals surface area contributed by atoms with Gasteiger partial charge in [-0.3, -0.25) is 14.9 Å². The number of carbonyl (C=O) groups excluding carboxylic acids is 1. The minimum absolute atomic E-state index is 0.0221. The van der Waals surface area contributed by atoms with Gasteiger partial charge >= 0.3 is 0 Å². The molecule has 7 heteroatoms. The van der Waals surface area contributed by atoms with Gasteiger partial charge < -0.3 is 10.6 Å². The maximum absolute atomic E-state index is 13.2. The summed E-state index contributed by atoms with van der Waals surface area (Å²) < 4.78 is 0. The molecule has 4 heterocycles. The lowest BCUT2D eigenvalue weighted by molar-refractivity contribution is 0.0702. The van der Waals surface area contributed by atoms with E-state index in [1.165, 1.54) is 0 Å². The quantitative estimate of drug-likeness (QED) is 0.531. The van der Waals surface area contributed by atoms with E-state index in [2.05, 4.69) is 27.3 Å². The Morgan fingerprint density at radius 1 is 1.10 bits per heavy atom. The Kier molecular flexibility index (Phi) is 4.86. The van der Waals surface area contributed by atoms with Crippen molar-refractivity contribution in [3.63, 3.8) is 0 Å². The van der Waals surface area contributed by atoms with E-state index >= 15 is 0 Å². The average molecular weight is 412 g/mol. The predicted molar refractivity (Wildman–Crippen MR) is 121 cm³/mol. The number of aromatic nitrogens is 4. The van der Waals surface area contributed by atoms with Crippen LogP contribution in [0.1, 0.15) is 40.5 Å². The molecule has 1 aliphatic heterocycles. The van der Waals surface area contributed by atoms with Gasteiger partial charge in [-0.1, -0.05) is 17.7 Å². The molecule has 156 valence electrons. The lowest BCUT2D eigenvalue weighted by atomic mass is 9.93. The number of hydrogen-bond donors (Lipinski definition) is 2. The van der Waals surface area contributed by atoms with Gasteiger partial charge in [0.1, 0.15) is 5.82 Å². The van der Waals surface area contributed by atoms with Crippen molar-refractivity contribution < 1.29 is 4.79 Å². The van der Waals surface area contributed by atoms with Crippen LogP contribution in [0.25, 0.3) is 22.0 Å². The molecule has 5 rings (SSSR count). The molecule has 7 nitrogen and oxygen atoms in total. The SMILES string of the molecule is Cc1ccc2[nH]nc(C(=O)N3CCC[C@@H](c4ccc(-c5ccc(N)nc5)cn4)C3)c2c1. The zero-order valence-electron chi connectivity index (χ0n) is 17.4. The number of benzene rings is 1. The van der Waals surface area contributed by atoms with Crippen LogP contribution < -0.4 is 5.73 Å². The molecule has 1 saturated heterocycles. The van der Waals surface area contributed by atoms with Crippen molar-refractivity contribution in [2.45, 2.75) is 25.7 Å². The fraction of sp³-hybridized carbons (Fsp3) is 0.250. The van der Waals surface area contributed by atoms with Crippen LogP contribution in [0.5, 0.6) is 0 Å². The molecule has 0 unspecified atom stereocenters. The summed E-state index contributed by atoms with van der Waals surface area (Å²) in [7, 11) is 0. The highest BCUT2D eigenvalue weighted by Crippen LogP contribution is 2.29. The van der Waals surface area contributed by atoms with Crippen molar-refractivity contribution in [1.29, 1.82) is 0 Å². The van der Waals surface area contributed by atoms with Gasteiger partial charge in [-0.05, 0) is 50.1 Å². The number of carbonyl (C=O) groups is 1. The van der Waals surface area contributed by atoms with Crippen LogP contribution in [0.4, 0.5) is 5.82 Å². The van der Waals surface area contributed by atoms with E-state index in [4.69, 9.17) is 10.7 Å². The summed E-state index contributed by atoms with van der Waals surface area (Å²) >= 11 is 0. The molecule has 1 fully saturated rings. The highest BCUT2D eigenvalue weighted by molar-refractivity contribution is 6.04. The second-order valence-corrected chi connectivity index (χ2v) is 8.16. The first kappa shape index (κ1) is 19.2. The van der Waals surface area contributed by atoms with E-state index in [-0.39, 0.29) is 11.8 Å². The minimum atomic E-state index is -0.0221. The molecule has 3 N–H and O–H groups in total. The van der Waals surface area contributed by atoms with Crippen LogP contribution in [0.3, 0.4) is 0 Å². The topological polar surface area (TPSA) is 101 Å². The molecular weight excluding hydrogens is 388 g/mol. The zero-order chi connectivity index (χ0) is 21.4. The zero-order valence-corrected chi connectivity index (χ0v) is 17.4. The van der Waals surface area contributed by atoms with Crippen LogP contribution in [-0.2, 0) is 0 Å². The average Bonchev–Trinajstić information content (AvgIpc) is 3.22. The standard InChI is InChI=1S/C24H24N6O/c1-15-4-7-21-19(11-15)23(29-28-21)24(31)30-10-2-3-18(14-30)20-8-5-16(12-26-20)17-6-9-22(25)27-13-17/h4-9,11-13,18H,2-3,10,14H2,1H3,(H2,25,27)(H,28,29)/t18-/m1/s1. The minimum Gasteiger partial charge on any atom is -0.384 e. The van der Waals surface area contributed by atoms with Crippen LogP contribution in [0.2, 0.25) is 0 Å². The lowest BCUT2D eigenvalue weighted by Crippen LogP contribution is -2.39. The predicted octanol–water partition coefficient (Wildman–Crippen LogP) is 3.93. The summed E-state index contributed by atoms with van der Waals surface area (Å²) in [4.78, 5) is 24.0. The summed E-state index contributed by atoms with van der Waals surface area (Å²) in [5.41, 5.74) is 11.2. The largest absolute Gasteiger partial charge is 0.384 e. The molecule has 31 heavy (non-hydrogen) atoms. The Balaban J connectivity index is 1.34. The highest BCUT2D eigenvalue weighted by atomic mass is 16.2. The number of amides is 1. The van der Waals surface area contributed by atoms with Crippen molar-refractivity contribution in [2.75, 3.05) is 18.8 Å². The molecule has 3 aromatic heterocycles. The van der Waals surface area contributed by atoms with Gasteiger partial charge in [0.15, 0.2) is 5.69 Å². The number of hydrogen-bond acceptors (Lipinski definition) is 5. The third kappa shape index (κ3) is 3.74. The molecule has 0 spiro atoms. The van der Waals surface area contributed by atoms with Gasteiger partial charge in [0.2, 0.25) is 0 Å². The maximum Gasteiger partial charge on any atom is 0.275 e. The second-order valence-electron chi connectivity index (χ2n) is 8.16. The first-order valence-corrected chi connectivity index (χ1v) is 10.5. The molecule has 0 aliphatic carbocycles. The first-order valence-electron chi connectivity index (χ1n) is 10.5. The number of nitrogens with one attached hydrogen (secondary N) is 1. The summed E-state index contributed by atoms with van der Waals surface area (Å²) in [6.45, 7) is 3.41. The van der Waals surface area contributed by atoms with Gasteiger partial charge in [0.05, 0.1) is 5.52 Å². The van der Waals surface area contributed by atoms with E-state index in [0.29, 0.717) is 18.1 Å². The molecule has 4 aromatic rings. The van der Waals surface area contributed by atoms with Crippen molar-refractivity contribution in [3.05, 3.63) is 71.8 Å². The van der Waals surface area contributed by atoms with Crippen LogP contribution in [-0.4, -0.2) is 44.1 Å². The van der Waals surface area contributed by atoms with E-state index < -0.39 is 0 Å². The maximum atomic E-state index is 13.2. The number of aromatic amines is 1. The smallest absolute Gasteiger partial charge is 0.275 e. The molecule has 1 amide bonds. The van der Waals surface area contributed by atoms with Crippen LogP contribution >= 0.6 is 0 Å². The number of H-pyrrole nitrogens is 1. The Labute approximate surface area is 180 Å². The van der Waals surface area contributed by atoms with Gasteiger partial charge in [0.25, 0.3) is 5.91 Å². The molecule has 1 aliphatic rings. The Hall–Kier alpha value is -3.74. The normalized spacial score (nSPS) is 16.5. The van der Waals surface area contributed by atoms with Crippen molar-refractivity contribution in [3.8, 4) is 11.1 Å². The van der Waals surface area contributed by atoms with Crippen molar-refractivity contribution in [2.24, 2.45) is 0 Å². The molecule has 1 aromatic carbocycles. The fourth-order valence-corrected chi connectivity index (χ4v) is 4.24. The van der Waals surface area contributed by atoms with E-state index in [0.717, 1.165) is 52.7 Å². The Morgan fingerprint density at radius 3 is 2.65 bits per heavy atom. The number of fused-ring (bicyclic) bond motifs is 1.